The van der Waals surface area contributed by atoms with Crippen molar-refractivity contribution in [3.63, 3.8) is 0 Å². The van der Waals surface area contributed by atoms with Crippen LogP contribution in [0.5, 0.6) is 5.75 Å². The first-order valence-electron chi connectivity index (χ1n) is 8.21. The number of anilines is 1. The molecule has 0 spiro atoms. The van der Waals surface area contributed by atoms with Gasteiger partial charge in [0.05, 0.1) is 26.1 Å². The highest BCUT2D eigenvalue weighted by atomic mass is 16.5. The summed E-state index contributed by atoms with van der Waals surface area (Å²) >= 11 is 0. The van der Waals surface area contributed by atoms with Gasteiger partial charge in [-0.2, -0.15) is 0 Å². The van der Waals surface area contributed by atoms with Gasteiger partial charge in [-0.3, -0.25) is 9.69 Å². The Bertz CT molecular complexity index is 617. The zero-order chi connectivity index (χ0) is 17.3. The number of rotatable bonds is 5. The van der Waals surface area contributed by atoms with Crippen molar-refractivity contribution in [1.29, 1.82) is 0 Å². The van der Waals surface area contributed by atoms with Gasteiger partial charge in [0.1, 0.15) is 5.75 Å². The topological polar surface area (TPSA) is 56.3 Å². The molecule has 0 aromatic heterocycles. The van der Waals surface area contributed by atoms with Crippen LogP contribution in [0.1, 0.15) is 12.8 Å². The number of hydrogen-bond acceptors (Lipinski definition) is 4. The van der Waals surface area contributed by atoms with Crippen LogP contribution in [-0.2, 0) is 4.79 Å². The molecular weight excluding hydrogens is 308 g/mol. The van der Waals surface area contributed by atoms with Crippen molar-refractivity contribution in [2.45, 2.75) is 18.9 Å². The average molecular weight is 332 g/mol. The summed E-state index contributed by atoms with van der Waals surface area (Å²) < 4.78 is 5.17. The summed E-state index contributed by atoms with van der Waals surface area (Å²) in [6, 6.07) is 7.29. The molecule has 0 aliphatic carbocycles. The lowest BCUT2D eigenvalue weighted by molar-refractivity contribution is -0.135. The first kappa shape index (κ1) is 16.6. The number of amides is 3. The van der Waals surface area contributed by atoms with Gasteiger partial charge in [-0.05, 0) is 44.8 Å². The lowest BCUT2D eigenvalue weighted by atomic mass is 10.1. The van der Waals surface area contributed by atoms with Crippen LogP contribution in [0.25, 0.3) is 0 Å². The predicted octanol–water partition coefficient (Wildman–Crippen LogP) is 1.40. The third kappa shape index (κ3) is 3.03. The molecular formula is C17H24N4O3. The third-order valence-corrected chi connectivity index (χ3v) is 4.56. The highest BCUT2D eigenvalue weighted by Crippen LogP contribution is 2.31. The maximum atomic E-state index is 13.0. The monoisotopic (exact) mass is 332 g/mol. The Labute approximate surface area is 142 Å². The fraction of sp³-hybridized carbons (Fsp3) is 0.529. The average Bonchev–Trinajstić information content (AvgIpc) is 2.89. The molecule has 2 saturated heterocycles. The van der Waals surface area contributed by atoms with Crippen LogP contribution < -0.4 is 9.64 Å². The van der Waals surface area contributed by atoms with Gasteiger partial charge >= 0.3 is 6.03 Å². The normalized spacial score (nSPS) is 20.8. The van der Waals surface area contributed by atoms with Crippen LogP contribution in [0.3, 0.4) is 0 Å². The van der Waals surface area contributed by atoms with Crippen LogP contribution in [-0.4, -0.2) is 73.7 Å². The van der Waals surface area contributed by atoms with E-state index >= 15 is 0 Å². The summed E-state index contributed by atoms with van der Waals surface area (Å²) in [7, 11) is 5.53. The molecule has 2 heterocycles. The minimum Gasteiger partial charge on any atom is -0.497 e. The van der Waals surface area contributed by atoms with E-state index in [1.807, 2.05) is 43.3 Å². The maximum Gasteiger partial charge on any atom is 0.343 e. The lowest BCUT2D eigenvalue weighted by Crippen LogP contribution is -2.58. The summed E-state index contributed by atoms with van der Waals surface area (Å²) in [5.74, 6) is 0.789. The van der Waals surface area contributed by atoms with Crippen molar-refractivity contribution < 1.29 is 14.3 Å². The number of hydrazine groups is 1. The molecule has 3 amide bonds. The second kappa shape index (κ2) is 6.68. The molecule has 2 aliphatic rings. The van der Waals surface area contributed by atoms with Gasteiger partial charge in [-0.1, -0.05) is 0 Å². The Balaban J connectivity index is 1.78. The van der Waals surface area contributed by atoms with Crippen LogP contribution in [0, 0.1) is 0 Å². The molecule has 0 bridgehead atoms. The summed E-state index contributed by atoms with van der Waals surface area (Å²) in [5.41, 5.74) is 0.825. The molecule has 7 nitrogen and oxygen atoms in total. The number of urea groups is 1. The standard InChI is InChI=1S/C17H24N4O3/c1-18(2)10-11-20-16(22)12-14-8-9-19(17(23)21(14)20)13-4-6-15(24-3)7-5-13/h4-7,14H,8-12H2,1-3H3. The van der Waals surface area contributed by atoms with Crippen molar-refractivity contribution in [3.8, 4) is 5.75 Å². The molecule has 1 aromatic rings. The number of fused-ring (bicyclic) bond motifs is 1. The van der Waals surface area contributed by atoms with E-state index in [0.29, 0.717) is 19.5 Å². The predicted molar refractivity (Wildman–Crippen MR) is 90.9 cm³/mol. The van der Waals surface area contributed by atoms with Gasteiger partial charge in [-0.25, -0.2) is 14.8 Å². The second-order valence-electron chi connectivity index (χ2n) is 6.44. The van der Waals surface area contributed by atoms with Crippen LogP contribution in [0.2, 0.25) is 0 Å². The largest absolute Gasteiger partial charge is 0.497 e. The first-order chi connectivity index (χ1) is 11.5. The number of likely N-dealkylation sites (N-methyl/N-ethyl adjacent to an activating group) is 1. The van der Waals surface area contributed by atoms with Crippen LogP contribution in [0.15, 0.2) is 24.3 Å². The zero-order valence-electron chi connectivity index (χ0n) is 14.4. The van der Waals surface area contributed by atoms with E-state index in [4.69, 9.17) is 4.74 Å². The van der Waals surface area contributed by atoms with E-state index in [9.17, 15) is 9.59 Å². The second-order valence-corrected chi connectivity index (χ2v) is 6.44. The summed E-state index contributed by atoms with van der Waals surface area (Å²) in [6.45, 7) is 1.89. The number of methoxy groups -OCH3 is 1. The fourth-order valence-corrected chi connectivity index (χ4v) is 3.22. The number of hydrogen-bond donors (Lipinski definition) is 0. The summed E-state index contributed by atoms with van der Waals surface area (Å²) in [4.78, 5) is 29.0. The minimum atomic E-state index is -0.124. The molecule has 7 heteroatoms. The molecule has 2 fully saturated rings. The van der Waals surface area contributed by atoms with E-state index < -0.39 is 0 Å². The van der Waals surface area contributed by atoms with Crippen LogP contribution >= 0.6 is 0 Å². The van der Waals surface area contributed by atoms with Crippen molar-refractivity contribution in [2.75, 3.05) is 45.7 Å². The Kier molecular flexibility index (Phi) is 4.62. The van der Waals surface area contributed by atoms with Gasteiger partial charge in [0.2, 0.25) is 5.91 Å². The summed E-state index contributed by atoms with van der Waals surface area (Å²) in [6.07, 6.45) is 1.22. The molecule has 0 saturated carbocycles. The highest BCUT2D eigenvalue weighted by Gasteiger charge is 2.45. The van der Waals surface area contributed by atoms with E-state index in [1.165, 1.54) is 0 Å². The first-order valence-corrected chi connectivity index (χ1v) is 8.21. The van der Waals surface area contributed by atoms with Gasteiger partial charge in [-0.15, -0.1) is 0 Å². The van der Waals surface area contributed by atoms with Crippen molar-refractivity contribution in [2.24, 2.45) is 0 Å². The number of carbonyl (C=O) groups excluding carboxylic acids is 2. The van der Waals surface area contributed by atoms with Crippen molar-refractivity contribution in [3.05, 3.63) is 24.3 Å². The Morgan fingerprint density at radius 1 is 1.21 bits per heavy atom. The van der Waals surface area contributed by atoms with Gasteiger partial charge in [0.15, 0.2) is 0 Å². The molecule has 1 aromatic carbocycles. The third-order valence-electron chi connectivity index (χ3n) is 4.56. The fourth-order valence-electron chi connectivity index (χ4n) is 3.22. The SMILES string of the molecule is COc1ccc(N2CCC3CC(=O)N(CCN(C)C)N3C2=O)cc1. The molecule has 1 atom stereocenters. The number of benzene rings is 1. The van der Waals surface area contributed by atoms with Gasteiger partial charge < -0.3 is 9.64 Å². The van der Waals surface area contributed by atoms with E-state index in [2.05, 4.69) is 0 Å². The number of carbonyl (C=O) groups is 2. The molecule has 0 N–H and O–H groups in total. The Hall–Kier alpha value is -2.28. The van der Waals surface area contributed by atoms with Crippen molar-refractivity contribution in [1.82, 2.24) is 14.9 Å². The maximum absolute atomic E-state index is 13.0. The molecule has 0 radical (unpaired) electrons. The number of nitrogens with zero attached hydrogens (tertiary/aromatic N) is 4. The van der Waals surface area contributed by atoms with Crippen molar-refractivity contribution >= 4 is 17.6 Å². The quantitative estimate of drug-likeness (QED) is 0.818. The minimum absolute atomic E-state index is 0.0124. The van der Waals surface area contributed by atoms with Crippen LogP contribution in [0.4, 0.5) is 10.5 Å². The molecule has 1 unspecified atom stereocenters. The smallest absolute Gasteiger partial charge is 0.343 e. The summed E-state index contributed by atoms with van der Waals surface area (Å²) in [5, 5.41) is 3.27. The van der Waals surface area contributed by atoms with Gasteiger partial charge in [0.25, 0.3) is 0 Å². The highest BCUT2D eigenvalue weighted by molar-refractivity contribution is 5.96. The Morgan fingerprint density at radius 3 is 2.54 bits per heavy atom. The molecule has 24 heavy (non-hydrogen) atoms. The molecule has 130 valence electrons. The van der Waals surface area contributed by atoms with E-state index in [-0.39, 0.29) is 18.0 Å². The van der Waals surface area contributed by atoms with Gasteiger partial charge in [0, 0.05) is 18.8 Å². The van der Waals surface area contributed by atoms with E-state index in [0.717, 1.165) is 24.4 Å². The molecule has 2 aliphatic heterocycles. The zero-order valence-corrected chi connectivity index (χ0v) is 14.4. The lowest BCUT2D eigenvalue weighted by Gasteiger charge is -2.40. The number of ether oxygens (including phenoxy) is 1. The van der Waals surface area contributed by atoms with E-state index in [1.54, 1.807) is 22.0 Å². The Morgan fingerprint density at radius 2 is 1.92 bits per heavy atom. The molecule has 3 rings (SSSR count).